The van der Waals surface area contributed by atoms with Gasteiger partial charge in [-0.2, -0.15) is 4.68 Å². The molecular weight excluding hydrogens is 389 g/mol. The number of rotatable bonds is 6. The molecule has 1 heterocycles. The Balaban J connectivity index is 1.37. The highest BCUT2D eigenvalue weighted by Gasteiger charge is 2.16. The van der Waals surface area contributed by atoms with Crippen molar-refractivity contribution in [3.05, 3.63) is 65.0 Å². The molecule has 4 rings (SSSR count). The van der Waals surface area contributed by atoms with Gasteiger partial charge in [0.15, 0.2) is 0 Å². The molecule has 1 N–H and O–H groups in total. The third-order valence-corrected chi connectivity index (χ3v) is 6.00. The summed E-state index contributed by atoms with van der Waals surface area (Å²) in [6.45, 7) is 1.99. The van der Waals surface area contributed by atoms with E-state index in [2.05, 4.69) is 39.0 Å². The smallest absolute Gasteiger partial charge is 0.230 e. The highest BCUT2D eigenvalue weighted by molar-refractivity contribution is 7.99. The molecule has 0 saturated heterocycles. The molecule has 0 fully saturated rings. The minimum absolute atomic E-state index is 0.0745. The Morgan fingerprint density at radius 1 is 1.21 bits per heavy atom. The van der Waals surface area contributed by atoms with Gasteiger partial charge in [-0.1, -0.05) is 36.0 Å². The zero-order chi connectivity index (χ0) is 20.2. The maximum atomic E-state index is 13.5. The van der Waals surface area contributed by atoms with Gasteiger partial charge in [-0.05, 0) is 77.9 Å². The quantitative estimate of drug-likeness (QED) is 0.627. The zero-order valence-electron chi connectivity index (χ0n) is 16.1. The molecule has 6 nitrogen and oxygen atoms in total. The van der Waals surface area contributed by atoms with E-state index in [1.165, 1.54) is 52.5 Å². The summed E-state index contributed by atoms with van der Waals surface area (Å²) in [4.78, 5) is 12.4. The van der Waals surface area contributed by atoms with Gasteiger partial charge in [0.2, 0.25) is 11.1 Å². The van der Waals surface area contributed by atoms with Crippen LogP contribution in [0.1, 0.15) is 42.5 Å². The number of tetrazole rings is 1. The topological polar surface area (TPSA) is 72.7 Å². The van der Waals surface area contributed by atoms with Gasteiger partial charge in [0.05, 0.1) is 17.5 Å². The SMILES string of the molecule is C[C@H](NC(=O)CSc1nnnn1-c1cccc(F)c1)c1ccc2c(c1)CCCC2. The first kappa shape index (κ1) is 19.6. The molecule has 0 aliphatic heterocycles. The van der Waals surface area contributed by atoms with Gasteiger partial charge >= 0.3 is 0 Å². The summed E-state index contributed by atoms with van der Waals surface area (Å²) in [5.41, 5.74) is 4.46. The first-order chi connectivity index (χ1) is 14.1. The lowest BCUT2D eigenvalue weighted by Gasteiger charge is -2.20. The molecule has 0 radical (unpaired) electrons. The number of hydrogen-bond acceptors (Lipinski definition) is 5. The van der Waals surface area contributed by atoms with Crippen LogP contribution in [0.15, 0.2) is 47.6 Å². The van der Waals surface area contributed by atoms with Crippen LogP contribution in [0, 0.1) is 5.82 Å². The predicted octanol–water partition coefficient (Wildman–Crippen LogP) is 3.65. The van der Waals surface area contributed by atoms with Gasteiger partial charge in [0.25, 0.3) is 0 Å². The Morgan fingerprint density at radius 3 is 2.86 bits per heavy atom. The highest BCUT2D eigenvalue weighted by atomic mass is 32.2. The fourth-order valence-electron chi connectivity index (χ4n) is 3.56. The maximum absolute atomic E-state index is 13.5. The minimum atomic E-state index is -0.370. The maximum Gasteiger partial charge on any atom is 0.230 e. The monoisotopic (exact) mass is 411 g/mol. The number of carbonyl (C=O) groups is 1. The van der Waals surface area contributed by atoms with Crippen LogP contribution in [0.2, 0.25) is 0 Å². The molecule has 150 valence electrons. The van der Waals surface area contributed by atoms with Gasteiger partial charge in [0, 0.05) is 0 Å². The van der Waals surface area contributed by atoms with E-state index in [4.69, 9.17) is 0 Å². The van der Waals surface area contributed by atoms with E-state index in [9.17, 15) is 9.18 Å². The second-order valence-corrected chi connectivity index (χ2v) is 8.11. The van der Waals surface area contributed by atoms with E-state index >= 15 is 0 Å². The Kier molecular flexibility index (Phi) is 5.89. The van der Waals surface area contributed by atoms with Crippen LogP contribution in [-0.4, -0.2) is 31.9 Å². The van der Waals surface area contributed by atoms with Crippen molar-refractivity contribution in [2.24, 2.45) is 0 Å². The van der Waals surface area contributed by atoms with Crippen LogP contribution in [-0.2, 0) is 17.6 Å². The molecule has 1 atom stereocenters. The summed E-state index contributed by atoms with van der Waals surface area (Å²) < 4.78 is 14.9. The van der Waals surface area contributed by atoms with E-state index in [-0.39, 0.29) is 23.5 Å². The van der Waals surface area contributed by atoms with Crippen LogP contribution in [0.3, 0.4) is 0 Å². The van der Waals surface area contributed by atoms with E-state index < -0.39 is 0 Å². The predicted molar refractivity (Wildman–Crippen MR) is 109 cm³/mol. The third-order valence-electron chi connectivity index (χ3n) is 5.08. The number of hydrogen-bond donors (Lipinski definition) is 1. The molecule has 3 aromatic rings. The van der Waals surface area contributed by atoms with Crippen molar-refractivity contribution in [3.8, 4) is 5.69 Å². The van der Waals surface area contributed by atoms with Crippen LogP contribution in [0.5, 0.6) is 0 Å². The van der Waals surface area contributed by atoms with E-state index in [0.717, 1.165) is 18.4 Å². The minimum Gasteiger partial charge on any atom is -0.349 e. The first-order valence-corrected chi connectivity index (χ1v) is 10.7. The molecule has 0 spiro atoms. The number of thioether (sulfide) groups is 1. The Morgan fingerprint density at radius 2 is 2.03 bits per heavy atom. The number of aromatic nitrogens is 4. The average molecular weight is 412 g/mol. The molecule has 0 bridgehead atoms. The Hall–Kier alpha value is -2.74. The summed E-state index contributed by atoms with van der Waals surface area (Å²) in [5.74, 6) is -0.301. The van der Waals surface area contributed by atoms with Gasteiger partial charge in [0.1, 0.15) is 5.82 Å². The van der Waals surface area contributed by atoms with Crippen molar-refractivity contribution >= 4 is 17.7 Å². The number of aryl methyl sites for hydroxylation is 2. The normalized spacial score (nSPS) is 14.3. The van der Waals surface area contributed by atoms with E-state index in [0.29, 0.717) is 10.8 Å². The number of halogens is 1. The molecule has 29 heavy (non-hydrogen) atoms. The zero-order valence-corrected chi connectivity index (χ0v) is 17.0. The number of nitrogens with zero attached hydrogens (tertiary/aromatic N) is 4. The Labute approximate surface area is 172 Å². The fraction of sp³-hybridized carbons (Fsp3) is 0.333. The van der Waals surface area contributed by atoms with Gasteiger partial charge < -0.3 is 5.32 Å². The lowest BCUT2D eigenvalue weighted by atomic mass is 9.89. The number of amides is 1. The van der Waals surface area contributed by atoms with Crippen molar-refractivity contribution in [2.45, 2.75) is 43.8 Å². The number of carbonyl (C=O) groups excluding carboxylic acids is 1. The van der Waals surface area contributed by atoms with Crippen molar-refractivity contribution in [3.63, 3.8) is 0 Å². The molecule has 0 unspecified atom stereocenters. The Bertz CT molecular complexity index is 1020. The van der Waals surface area contributed by atoms with Gasteiger partial charge in [-0.3, -0.25) is 4.79 Å². The second kappa shape index (κ2) is 8.73. The van der Waals surface area contributed by atoms with Crippen LogP contribution in [0.4, 0.5) is 4.39 Å². The lowest BCUT2D eigenvalue weighted by molar-refractivity contribution is -0.119. The van der Waals surface area contributed by atoms with E-state index in [1.54, 1.807) is 12.1 Å². The molecule has 1 aliphatic rings. The molecule has 8 heteroatoms. The van der Waals surface area contributed by atoms with Crippen molar-refractivity contribution in [1.29, 1.82) is 0 Å². The third kappa shape index (κ3) is 4.64. The second-order valence-electron chi connectivity index (χ2n) is 7.17. The highest BCUT2D eigenvalue weighted by Crippen LogP contribution is 2.25. The summed E-state index contributed by atoms with van der Waals surface area (Å²) in [5, 5.41) is 15.0. The van der Waals surface area contributed by atoms with Crippen LogP contribution >= 0.6 is 11.8 Å². The summed E-state index contributed by atoms with van der Waals surface area (Å²) in [7, 11) is 0. The van der Waals surface area contributed by atoms with Crippen molar-refractivity contribution < 1.29 is 9.18 Å². The standard InChI is InChI=1S/C21H22FN5OS/c1-14(16-10-9-15-5-2-3-6-17(15)11-16)23-20(28)13-29-21-24-25-26-27(21)19-8-4-7-18(22)12-19/h4,7-12,14H,2-3,5-6,13H2,1H3,(H,23,28)/t14-/m0/s1. The number of fused-ring (bicyclic) bond motifs is 1. The first-order valence-electron chi connectivity index (χ1n) is 9.68. The molecule has 1 amide bonds. The van der Waals surface area contributed by atoms with Crippen LogP contribution < -0.4 is 5.32 Å². The molecule has 0 saturated carbocycles. The molecule has 2 aromatic carbocycles. The van der Waals surface area contributed by atoms with E-state index in [1.807, 2.05) is 6.92 Å². The van der Waals surface area contributed by atoms with Gasteiger partial charge in [-0.25, -0.2) is 4.39 Å². The van der Waals surface area contributed by atoms with Crippen molar-refractivity contribution in [1.82, 2.24) is 25.5 Å². The molecule has 1 aliphatic carbocycles. The molecular formula is C21H22FN5OS. The largest absolute Gasteiger partial charge is 0.349 e. The summed E-state index contributed by atoms with van der Waals surface area (Å²) in [6, 6.07) is 12.4. The fourth-order valence-corrected chi connectivity index (χ4v) is 4.26. The molecule has 1 aromatic heterocycles. The van der Waals surface area contributed by atoms with Gasteiger partial charge in [-0.15, -0.1) is 5.10 Å². The lowest BCUT2D eigenvalue weighted by Crippen LogP contribution is -2.28. The summed E-state index contributed by atoms with van der Waals surface area (Å²) >= 11 is 1.21. The number of benzene rings is 2. The van der Waals surface area contributed by atoms with Crippen molar-refractivity contribution in [2.75, 3.05) is 5.75 Å². The van der Waals surface area contributed by atoms with Crippen LogP contribution in [0.25, 0.3) is 5.69 Å². The summed E-state index contributed by atoms with van der Waals surface area (Å²) in [6.07, 6.45) is 4.74. The average Bonchev–Trinajstić information content (AvgIpc) is 3.20. The number of nitrogens with one attached hydrogen (secondary N) is 1.